The molecule has 24 heavy (non-hydrogen) atoms. The van der Waals surface area contributed by atoms with Crippen molar-refractivity contribution in [3.8, 4) is 0 Å². The lowest BCUT2D eigenvalue weighted by atomic mass is 9.90. The van der Waals surface area contributed by atoms with Crippen LogP contribution in [0, 0.1) is 5.92 Å². The Bertz CT molecular complexity index is 619. The highest BCUT2D eigenvalue weighted by atomic mass is 19.4. The van der Waals surface area contributed by atoms with Gasteiger partial charge in [-0.25, -0.2) is 0 Å². The van der Waals surface area contributed by atoms with Crippen LogP contribution in [0.5, 0.6) is 0 Å². The zero-order chi connectivity index (χ0) is 17.9. The Balaban J connectivity index is 2.23. The number of halogens is 3. The smallest absolute Gasteiger partial charge is 0.381 e. The van der Waals surface area contributed by atoms with Gasteiger partial charge >= 0.3 is 6.18 Å². The zero-order valence-corrected chi connectivity index (χ0v) is 13.2. The summed E-state index contributed by atoms with van der Waals surface area (Å²) in [7, 11) is 1.50. The summed E-state index contributed by atoms with van der Waals surface area (Å²) in [6, 6.07) is 4.69. The lowest BCUT2D eigenvalue weighted by molar-refractivity contribution is -0.138. The van der Waals surface area contributed by atoms with E-state index in [1.165, 1.54) is 24.1 Å². The number of alkyl halides is 3. The van der Waals surface area contributed by atoms with E-state index >= 15 is 0 Å². The molecule has 8 heteroatoms. The Morgan fingerprint density at radius 2 is 2.00 bits per heavy atom. The number of ether oxygens (including phenoxy) is 1. The fourth-order valence-electron chi connectivity index (χ4n) is 3.05. The molecule has 1 aromatic carbocycles. The molecule has 0 spiro atoms. The number of carbonyl (C=O) groups excluding carboxylic acids is 2. The van der Waals surface area contributed by atoms with Gasteiger partial charge in [0.25, 0.3) is 5.91 Å². The monoisotopic (exact) mass is 344 g/mol. The second-order valence-electron chi connectivity index (χ2n) is 5.79. The summed E-state index contributed by atoms with van der Waals surface area (Å²) in [4.78, 5) is 25.1. The third-order valence-corrected chi connectivity index (χ3v) is 4.18. The Hall–Kier alpha value is -2.09. The molecule has 1 aliphatic heterocycles. The fraction of sp³-hybridized carbons (Fsp3) is 0.500. The van der Waals surface area contributed by atoms with E-state index in [9.17, 15) is 22.8 Å². The molecule has 2 atom stereocenters. The van der Waals surface area contributed by atoms with Gasteiger partial charge in [0, 0.05) is 32.5 Å². The van der Waals surface area contributed by atoms with Crippen LogP contribution in [0.3, 0.4) is 0 Å². The summed E-state index contributed by atoms with van der Waals surface area (Å²) in [5.74, 6) is -1.57. The van der Waals surface area contributed by atoms with Crippen molar-refractivity contribution in [2.45, 2.75) is 25.1 Å². The van der Waals surface area contributed by atoms with Crippen LogP contribution >= 0.6 is 0 Å². The van der Waals surface area contributed by atoms with Crippen LogP contribution in [0.4, 0.5) is 13.2 Å². The lowest BCUT2D eigenvalue weighted by Crippen LogP contribution is -2.48. The molecular formula is C16H19F3N2O3. The lowest BCUT2D eigenvalue weighted by Gasteiger charge is -2.37. The van der Waals surface area contributed by atoms with Crippen LogP contribution in [0.25, 0.3) is 0 Å². The number of hydrogen-bond donors (Lipinski definition) is 1. The van der Waals surface area contributed by atoms with Crippen molar-refractivity contribution < 1.29 is 27.5 Å². The van der Waals surface area contributed by atoms with Crippen molar-refractivity contribution in [1.29, 1.82) is 0 Å². The molecule has 1 fully saturated rings. The average Bonchev–Trinajstić information content (AvgIpc) is 2.52. The van der Waals surface area contributed by atoms with E-state index in [2.05, 4.69) is 0 Å². The average molecular weight is 344 g/mol. The number of methoxy groups -OCH3 is 1. The Morgan fingerprint density at radius 1 is 1.33 bits per heavy atom. The highest BCUT2D eigenvalue weighted by molar-refractivity contribution is 5.96. The number of carbonyl (C=O) groups is 2. The first kappa shape index (κ1) is 18.3. The maximum Gasteiger partial charge on any atom is 0.417 e. The number of primary amides is 1. The second kappa shape index (κ2) is 7.21. The molecule has 1 aromatic rings. The third-order valence-electron chi connectivity index (χ3n) is 4.18. The number of amides is 2. The molecule has 132 valence electrons. The van der Waals surface area contributed by atoms with Gasteiger partial charge in [0.2, 0.25) is 5.91 Å². The number of hydrogen-bond acceptors (Lipinski definition) is 3. The van der Waals surface area contributed by atoms with Crippen LogP contribution in [0.15, 0.2) is 24.3 Å². The quantitative estimate of drug-likeness (QED) is 0.909. The van der Waals surface area contributed by atoms with E-state index in [1.54, 1.807) is 0 Å². The molecule has 0 bridgehead atoms. The van der Waals surface area contributed by atoms with Gasteiger partial charge in [-0.1, -0.05) is 12.1 Å². The molecule has 0 saturated carbocycles. The molecule has 1 aliphatic rings. The van der Waals surface area contributed by atoms with E-state index < -0.39 is 29.1 Å². The fourth-order valence-corrected chi connectivity index (χ4v) is 3.05. The number of piperidine rings is 1. The predicted octanol–water partition coefficient (Wildman–Crippen LogP) is 2.06. The minimum absolute atomic E-state index is 0.0171. The minimum Gasteiger partial charge on any atom is -0.381 e. The van der Waals surface area contributed by atoms with E-state index in [0.29, 0.717) is 6.42 Å². The number of likely N-dealkylation sites (tertiary alicyclic amines) is 1. The minimum atomic E-state index is -4.61. The largest absolute Gasteiger partial charge is 0.417 e. The van der Waals surface area contributed by atoms with Gasteiger partial charge in [0.15, 0.2) is 0 Å². The molecule has 0 aliphatic carbocycles. The van der Waals surface area contributed by atoms with Gasteiger partial charge in [0.05, 0.1) is 17.2 Å². The summed E-state index contributed by atoms with van der Waals surface area (Å²) in [5, 5.41) is 0. The molecule has 5 nitrogen and oxygen atoms in total. The maximum absolute atomic E-state index is 13.1. The zero-order valence-electron chi connectivity index (χ0n) is 13.2. The predicted molar refractivity (Wildman–Crippen MR) is 80.1 cm³/mol. The molecule has 1 heterocycles. The van der Waals surface area contributed by atoms with Gasteiger partial charge < -0.3 is 15.4 Å². The highest BCUT2D eigenvalue weighted by Gasteiger charge is 2.38. The summed E-state index contributed by atoms with van der Waals surface area (Å²) in [6.45, 7) is 0.394. The van der Waals surface area contributed by atoms with Crippen molar-refractivity contribution in [2.75, 3.05) is 20.2 Å². The summed E-state index contributed by atoms with van der Waals surface area (Å²) in [6.07, 6.45) is -4.40. The van der Waals surface area contributed by atoms with Crippen LogP contribution in [-0.2, 0) is 15.7 Å². The molecule has 0 unspecified atom stereocenters. The molecule has 2 rings (SSSR count). The summed E-state index contributed by atoms with van der Waals surface area (Å²) >= 11 is 0. The molecular weight excluding hydrogens is 325 g/mol. The topological polar surface area (TPSA) is 72.6 Å². The molecule has 2 N–H and O–H groups in total. The third kappa shape index (κ3) is 4.05. The van der Waals surface area contributed by atoms with E-state index in [1.807, 2.05) is 0 Å². The van der Waals surface area contributed by atoms with Crippen LogP contribution < -0.4 is 5.73 Å². The first-order chi connectivity index (χ1) is 11.2. The molecule has 0 aromatic heterocycles. The van der Waals surface area contributed by atoms with Gasteiger partial charge in [-0.3, -0.25) is 9.59 Å². The highest BCUT2D eigenvalue weighted by Crippen LogP contribution is 2.33. The number of rotatable bonds is 4. The molecule has 1 saturated heterocycles. The summed E-state index contributed by atoms with van der Waals surface area (Å²) < 4.78 is 44.6. The molecule has 2 amide bonds. The van der Waals surface area contributed by atoms with E-state index in [4.69, 9.17) is 10.5 Å². The maximum atomic E-state index is 13.1. The number of nitrogens with two attached hydrogens (primary N) is 1. The van der Waals surface area contributed by atoms with Gasteiger partial charge in [-0.15, -0.1) is 0 Å². The first-order valence-corrected chi connectivity index (χ1v) is 7.50. The van der Waals surface area contributed by atoms with Crippen LogP contribution in [-0.4, -0.2) is 43.0 Å². The van der Waals surface area contributed by atoms with Crippen LogP contribution in [0.1, 0.15) is 28.8 Å². The van der Waals surface area contributed by atoms with E-state index in [-0.39, 0.29) is 31.5 Å². The number of benzene rings is 1. The standard InChI is InChI=1S/C16H19F3N2O3/c1-24-13-6-7-21(9-10(13)8-14(20)22)15(23)11-4-2-3-5-12(11)16(17,18)19/h2-5,10,13H,6-9H2,1H3,(H2,20,22)/t10-,13-/m1/s1. The SMILES string of the molecule is CO[C@@H]1CCN(C(=O)c2ccccc2C(F)(F)F)C[C@H]1CC(N)=O. The van der Waals surface area contributed by atoms with Crippen molar-refractivity contribution in [3.05, 3.63) is 35.4 Å². The van der Waals surface area contributed by atoms with Crippen molar-refractivity contribution in [3.63, 3.8) is 0 Å². The molecule has 0 radical (unpaired) electrons. The first-order valence-electron chi connectivity index (χ1n) is 7.50. The van der Waals surface area contributed by atoms with Crippen molar-refractivity contribution in [2.24, 2.45) is 11.7 Å². The Morgan fingerprint density at radius 3 is 2.58 bits per heavy atom. The second-order valence-corrected chi connectivity index (χ2v) is 5.79. The van der Waals surface area contributed by atoms with Crippen molar-refractivity contribution in [1.82, 2.24) is 4.90 Å². The van der Waals surface area contributed by atoms with Crippen LogP contribution in [0.2, 0.25) is 0 Å². The summed E-state index contributed by atoms with van der Waals surface area (Å²) in [5.41, 5.74) is 3.85. The van der Waals surface area contributed by atoms with Gasteiger partial charge in [0.1, 0.15) is 0 Å². The number of nitrogens with zero attached hydrogens (tertiary/aromatic N) is 1. The van der Waals surface area contributed by atoms with Crippen molar-refractivity contribution >= 4 is 11.8 Å². The Labute approximate surface area is 137 Å². The van der Waals surface area contributed by atoms with E-state index in [0.717, 1.165) is 12.1 Å². The van der Waals surface area contributed by atoms with Gasteiger partial charge in [-0.2, -0.15) is 13.2 Å². The normalized spacial score (nSPS) is 21.6. The Kier molecular flexibility index (Phi) is 5.48. The van der Waals surface area contributed by atoms with Gasteiger partial charge in [-0.05, 0) is 18.6 Å².